The molecule has 12 rings (SSSR count). The van der Waals surface area contributed by atoms with Crippen LogP contribution in [0.1, 0.15) is 162 Å². The van der Waals surface area contributed by atoms with Gasteiger partial charge in [0.05, 0.1) is 22.4 Å². The minimum atomic E-state index is -0.149. The van der Waals surface area contributed by atoms with Gasteiger partial charge in [-0.2, -0.15) is 0 Å². The van der Waals surface area contributed by atoms with Crippen molar-refractivity contribution in [1.29, 1.82) is 0 Å². The molecule has 0 N–H and O–H groups in total. The second-order valence-electron chi connectivity index (χ2n) is 26.0. The lowest BCUT2D eigenvalue weighted by atomic mass is 9.35. The molecule has 0 fully saturated rings. The number of fused-ring (bicyclic) bond motifs is 11. The lowest BCUT2D eigenvalue weighted by Gasteiger charge is -2.45. The fourth-order valence-electron chi connectivity index (χ4n) is 13.0. The summed E-state index contributed by atoms with van der Waals surface area (Å²) in [5.41, 5.74) is 23.1. The Morgan fingerprint density at radius 1 is 0.515 bits per heavy atom. The van der Waals surface area contributed by atoms with Gasteiger partial charge in [-0.25, -0.2) is 0 Å². The molecule has 2 aliphatic heterocycles. The molecule has 0 atom stereocenters. The van der Waals surface area contributed by atoms with Crippen LogP contribution in [0.5, 0.6) is 0 Å². The lowest BCUT2D eigenvalue weighted by Crippen LogP contribution is -2.61. The number of furan rings is 2. The molecule has 6 aromatic carbocycles. The van der Waals surface area contributed by atoms with E-state index in [1.165, 1.54) is 90.1 Å². The molecular formula is C63H69BN2O2. The number of hydrogen-bond acceptors (Lipinski definition) is 4. The SMILES string of the molecule is Cc1cc2c3c(c1)N(c1ccc(C(C)(C)C)c4oc5ccccc5c14)c1ccc(C(C)(C)C)cc1B3c1oc3cc4c(cc3c1N2c1ccc2c(c1)C(C)(C)CCC2(C)C)C(C)(C)CCC4(C)C. The van der Waals surface area contributed by atoms with Gasteiger partial charge in [-0.1, -0.05) is 139 Å². The highest BCUT2D eigenvalue weighted by molar-refractivity contribution is 7.00. The van der Waals surface area contributed by atoms with Crippen molar-refractivity contribution in [3.05, 3.63) is 136 Å². The Bertz CT molecular complexity index is 3470. The normalized spacial score (nSPS) is 18.7. The number of rotatable bonds is 2. The van der Waals surface area contributed by atoms with Gasteiger partial charge in [0.15, 0.2) is 0 Å². The van der Waals surface area contributed by atoms with Crippen molar-refractivity contribution in [2.45, 2.75) is 162 Å². The van der Waals surface area contributed by atoms with Crippen LogP contribution >= 0.6 is 0 Å². The fourth-order valence-corrected chi connectivity index (χ4v) is 13.0. The highest BCUT2D eigenvalue weighted by Gasteiger charge is 2.49. The van der Waals surface area contributed by atoms with E-state index in [4.69, 9.17) is 8.83 Å². The van der Waals surface area contributed by atoms with Crippen LogP contribution in [0.15, 0.2) is 106 Å². The van der Waals surface area contributed by atoms with Gasteiger partial charge >= 0.3 is 0 Å². The number of anilines is 6. The van der Waals surface area contributed by atoms with E-state index in [2.05, 4.69) is 211 Å². The summed E-state index contributed by atoms with van der Waals surface area (Å²) in [4.78, 5) is 5.20. The van der Waals surface area contributed by atoms with Crippen LogP contribution in [0.4, 0.5) is 34.1 Å². The largest absolute Gasteiger partial charge is 0.468 e. The number of benzene rings is 6. The van der Waals surface area contributed by atoms with E-state index >= 15 is 0 Å². The third-order valence-electron chi connectivity index (χ3n) is 17.3. The molecule has 2 aromatic heterocycles. The van der Waals surface area contributed by atoms with Gasteiger partial charge in [0.2, 0.25) is 0 Å². The van der Waals surface area contributed by atoms with Crippen LogP contribution in [-0.2, 0) is 32.5 Å². The molecule has 346 valence electrons. The van der Waals surface area contributed by atoms with Gasteiger partial charge in [-0.15, -0.1) is 0 Å². The summed E-state index contributed by atoms with van der Waals surface area (Å²) >= 11 is 0. The summed E-state index contributed by atoms with van der Waals surface area (Å²) in [7, 11) is 0. The van der Waals surface area contributed by atoms with E-state index < -0.39 is 0 Å². The molecule has 0 unspecified atom stereocenters. The monoisotopic (exact) mass is 897 g/mol. The maximum Gasteiger partial charge on any atom is 0.297 e. The minimum Gasteiger partial charge on any atom is -0.468 e. The average molecular weight is 897 g/mol. The molecule has 8 aromatic rings. The Hall–Kier alpha value is -5.68. The van der Waals surface area contributed by atoms with Gasteiger partial charge in [-0.05, 0) is 164 Å². The predicted molar refractivity (Wildman–Crippen MR) is 290 cm³/mol. The van der Waals surface area contributed by atoms with Gasteiger partial charge < -0.3 is 18.6 Å². The first-order valence-corrected chi connectivity index (χ1v) is 25.5. The quantitative estimate of drug-likeness (QED) is 0.162. The zero-order valence-corrected chi connectivity index (χ0v) is 43.4. The third kappa shape index (κ3) is 6.12. The molecule has 0 spiro atoms. The number of hydrogen-bond donors (Lipinski definition) is 0. The van der Waals surface area contributed by atoms with E-state index in [1.807, 2.05) is 0 Å². The molecule has 4 heterocycles. The Kier molecular flexibility index (Phi) is 8.83. The topological polar surface area (TPSA) is 32.8 Å². The van der Waals surface area contributed by atoms with Crippen molar-refractivity contribution in [3.63, 3.8) is 0 Å². The Balaban J connectivity index is 1.23. The van der Waals surface area contributed by atoms with E-state index in [1.54, 1.807) is 0 Å². The highest BCUT2D eigenvalue weighted by Crippen LogP contribution is 2.55. The second-order valence-corrected chi connectivity index (χ2v) is 26.0. The van der Waals surface area contributed by atoms with Crippen molar-refractivity contribution in [2.24, 2.45) is 0 Å². The summed E-state index contributed by atoms with van der Waals surface area (Å²) in [6, 6.07) is 37.9. The number of aryl methyl sites for hydroxylation is 1. The summed E-state index contributed by atoms with van der Waals surface area (Å²) in [6.07, 6.45) is 4.64. The van der Waals surface area contributed by atoms with Gasteiger partial charge in [0.1, 0.15) is 16.7 Å². The summed E-state index contributed by atoms with van der Waals surface area (Å²) in [6.45, 7) is 35.6. The molecular weight excluding hydrogens is 828 g/mol. The second kappa shape index (κ2) is 13.8. The highest BCUT2D eigenvalue weighted by atomic mass is 16.3. The molecule has 0 saturated heterocycles. The van der Waals surface area contributed by atoms with Crippen LogP contribution in [0.3, 0.4) is 0 Å². The standard InChI is InChI=1S/C63H69BN2O2/c1-36-30-49-54-50(31-36)66(48-25-23-42(59(5,6)7)56-53(48)39-18-16-17-19-51(39)67-56)47-24-20-37(58(2,3)4)32-46(47)64(54)57-55(40-34-44-45(35-52(40)68-57)63(14,15)29-28-62(44,12)13)65(49)38-21-22-41-43(33-38)61(10,11)27-26-60(41,8)9/h16-25,30-35H,26-29H2,1-15H3. The van der Waals surface area contributed by atoms with Crippen LogP contribution in [0, 0.1) is 6.92 Å². The first-order valence-electron chi connectivity index (χ1n) is 25.5. The van der Waals surface area contributed by atoms with Crippen molar-refractivity contribution in [3.8, 4) is 0 Å². The van der Waals surface area contributed by atoms with Gasteiger partial charge in [0.25, 0.3) is 6.71 Å². The van der Waals surface area contributed by atoms with E-state index in [0.29, 0.717) is 0 Å². The van der Waals surface area contributed by atoms with E-state index in [9.17, 15) is 0 Å². The zero-order chi connectivity index (χ0) is 48.0. The third-order valence-corrected chi connectivity index (χ3v) is 17.3. The average Bonchev–Trinajstić information content (AvgIpc) is 3.84. The Labute approximate surface area is 405 Å². The summed E-state index contributed by atoms with van der Waals surface area (Å²) in [5.74, 6) is 0. The molecule has 5 heteroatoms. The van der Waals surface area contributed by atoms with Crippen LogP contribution in [-0.4, -0.2) is 6.71 Å². The molecule has 0 saturated carbocycles. The minimum absolute atomic E-state index is 0.0382. The zero-order valence-electron chi connectivity index (χ0n) is 43.4. The van der Waals surface area contributed by atoms with E-state index in [0.717, 1.165) is 58.1 Å². The van der Waals surface area contributed by atoms with Crippen molar-refractivity contribution >= 4 is 90.3 Å². The first-order chi connectivity index (χ1) is 31.9. The molecule has 0 bridgehead atoms. The van der Waals surface area contributed by atoms with Crippen molar-refractivity contribution in [2.75, 3.05) is 9.80 Å². The maximum absolute atomic E-state index is 7.65. The van der Waals surface area contributed by atoms with Crippen molar-refractivity contribution in [1.82, 2.24) is 0 Å². The van der Waals surface area contributed by atoms with Gasteiger partial charge in [-0.3, -0.25) is 0 Å². The molecule has 68 heavy (non-hydrogen) atoms. The van der Waals surface area contributed by atoms with Crippen LogP contribution in [0.25, 0.3) is 32.9 Å². The molecule has 0 amide bonds. The van der Waals surface area contributed by atoms with Crippen LogP contribution < -0.4 is 26.4 Å². The van der Waals surface area contributed by atoms with Gasteiger partial charge in [0, 0.05) is 39.1 Å². The smallest absolute Gasteiger partial charge is 0.297 e. The van der Waals surface area contributed by atoms with Crippen LogP contribution in [0.2, 0.25) is 0 Å². The summed E-state index contributed by atoms with van der Waals surface area (Å²) < 4.78 is 14.6. The van der Waals surface area contributed by atoms with E-state index in [-0.39, 0.29) is 39.2 Å². The molecule has 4 nitrogen and oxygen atoms in total. The Morgan fingerprint density at radius 3 is 1.78 bits per heavy atom. The predicted octanol–water partition coefficient (Wildman–Crippen LogP) is 16.0. The van der Waals surface area contributed by atoms with Crippen molar-refractivity contribution < 1.29 is 8.83 Å². The number of para-hydroxylation sites is 1. The fraction of sp³-hybridized carbons (Fsp3) is 0.397. The lowest BCUT2D eigenvalue weighted by molar-refractivity contribution is 0.332. The summed E-state index contributed by atoms with van der Waals surface area (Å²) in [5, 5.41) is 3.49. The Morgan fingerprint density at radius 2 is 1.12 bits per heavy atom. The first kappa shape index (κ1) is 43.6. The maximum atomic E-state index is 7.65. The molecule has 0 radical (unpaired) electrons. The number of nitrogens with zero attached hydrogens (tertiary/aromatic N) is 2. The molecule has 4 aliphatic rings. The molecule has 2 aliphatic carbocycles.